The molecule has 3 rings (SSSR count). The van der Waals surface area contributed by atoms with Gasteiger partial charge in [0.05, 0.1) is 17.0 Å². The fourth-order valence-corrected chi connectivity index (χ4v) is 3.08. The quantitative estimate of drug-likeness (QED) is 0.836. The number of carbonyl (C=O) groups is 2. The lowest BCUT2D eigenvalue weighted by Crippen LogP contribution is -2.37. The van der Waals surface area contributed by atoms with Gasteiger partial charge in [0.25, 0.3) is 0 Å². The van der Waals surface area contributed by atoms with Crippen LogP contribution in [0.25, 0.3) is 0 Å². The van der Waals surface area contributed by atoms with E-state index in [4.69, 9.17) is 10.00 Å². The maximum atomic E-state index is 12.5. The molecule has 2 aromatic carbocycles. The molecule has 7 nitrogen and oxygen atoms in total. The minimum atomic E-state index is -0.898. The molecule has 1 aliphatic heterocycles. The van der Waals surface area contributed by atoms with Crippen molar-refractivity contribution in [1.29, 1.82) is 5.26 Å². The number of benzene rings is 2. The van der Waals surface area contributed by atoms with E-state index in [9.17, 15) is 14.7 Å². The molecule has 28 heavy (non-hydrogen) atoms. The largest absolute Gasteiger partial charge is 0.481 e. The zero-order valence-electron chi connectivity index (χ0n) is 15.7. The molecule has 0 spiro atoms. The summed E-state index contributed by atoms with van der Waals surface area (Å²) in [6.45, 7) is 4.11. The molecule has 2 amide bonds. The van der Waals surface area contributed by atoms with Crippen molar-refractivity contribution in [2.75, 3.05) is 18.4 Å². The Morgan fingerprint density at radius 2 is 1.89 bits per heavy atom. The Labute approximate surface area is 163 Å². The minimum Gasteiger partial charge on any atom is -0.481 e. The first kappa shape index (κ1) is 19.2. The van der Waals surface area contributed by atoms with E-state index < -0.39 is 11.4 Å². The van der Waals surface area contributed by atoms with Crippen molar-refractivity contribution in [3.05, 3.63) is 53.6 Å². The number of aliphatic carboxylic acids is 1. The number of rotatable bonds is 4. The molecule has 7 heteroatoms. The molecule has 2 N–H and O–H groups in total. The van der Waals surface area contributed by atoms with Gasteiger partial charge in [0.1, 0.15) is 11.5 Å². The van der Waals surface area contributed by atoms with Crippen molar-refractivity contribution >= 4 is 17.7 Å². The number of hydrogen-bond donors (Lipinski definition) is 2. The molecule has 1 heterocycles. The molecule has 1 fully saturated rings. The fourth-order valence-electron chi connectivity index (χ4n) is 3.08. The van der Waals surface area contributed by atoms with Gasteiger partial charge in [-0.15, -0.1) is 0 Å². The van der Waals surface area contributed by atoms with Crippen LogP contribution in [0.15, 0.2) is 42.5 Å². The van der Waals surface area contributed by atoms with Gasteiger partial charge in [-0.25, -0.2) is 4.79 Å². The van der Waals surface area contributed by atoms with E-state index in [2.05, 4.69) is 11.4 Å². The molecular formula is C21H21N3O4. The Kier molecular flexibility index (Phi) is 5.23. The number of carboxylic acids is 1. The highest BCUT2D eigenvalue weighted by atomic mass is 16.5. The van der Waals surface area contributed by atoms with Crippen LogP contribution in [0.5, 0.6) is 11.5 Å². The minimum absolute atomic E-state index is 0.188. The molecule has 0 bridgehead atoms. The predicted octanol–water partition coefficient (Wildman–Crippen LogP) is 3.99. The highest BCUT2D eigenvalue weighted by Crippen LogP contribution is 2.31. The van der Waals surface area contributed by atoms with Gasteiger partial charge in [0, 0.05) is 18.8 Å². The molecule has 1 unspecified atom stereocenters. The number of carboxylic acid groups (broad SMARTS) is 1. The molecular weight excluding hydrogens is 358 g/mol. The van der Waals surface area contributed by atoms with Gasteiger partial charge in [-0.1, -0.05) is 0 Å². The van der Waals surface area contributed by atoms with Gasteiger partial charge in [-0.05, 0) is 68.3 Å². The zero-order chi connectivity index (χ0) is 20.3. The normalized spacial score (nSPS) is 18.4. The first-order valence-corrected chi connectivity index (χ1v) is 8.89. The molecule has 0 saturated carbocycles. The maximum Gasteiger partial charge on any atom is 0.321 e. The van der Waals surface area contributed by atoms with E-state index in [0.717, 1.165) is 5.56 Å². The van der Waals surface area contributed by atoms with E-state index in [1.165, 1.54) is 4.90 Å². The second-order valence-corrected chi connectivity index (χ2v) is 7.18. The molecule has 144 valence electrons. The number of nitrogens with zero attached hydrogens (tertiary/aromatic N) is 2. The van der Waals surface area contributed by atoms with Crippen molar-refractivity contribution < 1.29 is 19.4 Å². The van der Waals surface area contributed by atoms with Crippen LogP contribution in [0.4, 0.5) is 10.5 Å². The number of carbonyl (C=O) groups excluding carboxylic acids is 1. The SMILES string of the molecule is Cc1cc(Oc2ccc(C#N)cc2)ccc1NC(=O)N1CCC(C)(C(=O)O)C1. The fraction of sp³-hybridized carbons (Fsp3) is 0.286. The summed E-state index contributed by atoms with van der Waals surface area (Å²) in [6.07, 6.45) is 0.437. The van der Waals surface area contributed by atoms with Crippen molar-refractivity contribution in [1.82, 2.24) is 4.90 Å². The summed E-state index contributed by atoms with van der Waals surface area (Å²) >= 11 is 0. The van der Waals surface area contributed by atoms with Gasteiger partial charge in [-0.2, -0.15) is 5.26 Å². The third-order valence-corrected chi connectivity index (χ3v) is 4.94. The van der Waals surface area contributed by atoms with Crippen LogP contribution < -0.4 is 10.1 Å². The molecule has 1 aliphatic rings. The number of urea groups is 1. The number of anilines is 1. The van der Waals surface area contributed by atoms with Gasteiger partial charge >= 0.3 is 12.0 Å². The number of amides is 2. The average Bonchev–Trinajstić information content (AvgIpc) is 3.08. The highest BCUT2D eigenvalue weighted by Gasteiger charge is 2.42. The summed E-state index contributed by atoms with van der Waals surface area (Å²) in [5.41, 5.74) is 1.12. The summed E-state index contributed by atoms with van der Waals surface area (Å²) in [5.74, 6) is 0.336. The molecule has 2 aromatic rings. The Balaban J connectivity index is 1.65. The van der Waals surface area contributed by atoms with E-state index in [1.807, 2.05) is 6.92 Å². The van der Waals surface area contributed by atoms with Gasteiger partial charge in [0.2, 0.25) is 0 Å². The number of aryl methyl sites for hydroxylation is 1. The van der Waals surface area contributed by atoms with Crippen LogP contribution in [0, 0.1) is 23.7 Å². The van der Waals surface area contributed by atoms with Crippen molar-refractivity contribution in [2.45, 2.75) is 20.3 Å². The van der Waals surface area contributed by atoms with Crippen LogP contribution in [0.2, 0.25) is 0 Å². The lowest BCUT2D eigenvalue weighted by Gasteiger charge is -2.21. The maximum absolute atomic E-state index is 12.5. The number of nitriles is 1. The number of nitrogens with one attached hydrogen (secondary N) is 1. The van der Waals surface area contributed by atoms with Crippen LogP contribution in [0.1, 0.15) is 24.5 Å². The third-order valence-electron chi connectivity index (χ3n) is 4.94. The summed E-state index contributed by atoms with van der Waals surface area (Å²) in [6, 6.07) is 13.8. The first-order valence-electron chi connectivity index (χ1n) is 8.89. The zero-order valence-corrected chi connectivity index (χ0v) is 15.7. The predicted molar refractivity (Wildman–Crippen MR) is 103 cm³/mol. The van der Waals surface area contributed by atoms with E-state index >= 15 is 0 Å². The smallest absolute Gasteiger partial charge is 0.321 e. The molecule has 1 atom stereocenters. The van der Waals surface area contributed by atoms with E-state index in [-0.39, 0.29) is 12.6 Å². The van der Waals surface area contributed by atoms with Gasteiger partial charge in [0.15, 0.2) is 0 Å². The van der Waals surface area contributed by atoms with Crippen molar-refractivity contribution in [3.63, 3.8) is 0 Å². The lowest BCUT2D eigenvalue weighted by molar-refractivity contribution is -0.146. The second-order valence-electron chi connectivity index (χ2n) is 7.18. The lowest BCUT2D eigenvalue weighted by atomic mass is 9.90. The van der Waals surface area contributed by atoms with Gasteiger partial charge < -0.3 is 20.1 Å². The Hall–Kier alpha value is -3.53. The van der Waals surface area contributed by atoms with Crippen LogP contribution in [-0.2, 0) is 4.79 Å². The molecule has 1 saturated heterocycles. The number of likely N-dealkylation sites (tertiary alicyclic amines) is 1. The first-order chi connectivity index (χ1) is 13.3. The number of ether oxygens (including phenoxy) is 1. The Bertz CT molecular complexity index is 949. The molecule has 0 aliphatic carbocycles. The standard InChI is InChI=1S/C21H21N3O4/c1-14-11-17(28-16-5-3-15(12-22)4-6-16)7-8-18(14)23-20(27)24-10-9-21(2,13-24)19(25)26/h3-8,11H,9-10,13H2,1-2H3,(H,23,27)(H,25,26). The monoisotopic (exact) mass is 379 g/mol. The summed E-state index contributed by atoms with van der Waals surface area (Å²) < 4.78 is 5.77. The highest BCUT2D eigenvalue weighted by molar-refractivity contribution is 5.91. The van der Waals surface area contributed by atoms with Crippen LogP contribution >= 0.6 is 0 Å². The van der Waals surface area contributed by atoms with E-state index in [1.54, 1.807) is 49.4 Å². The van der Waals surface area contributed by atoms with Gasteiger partial charge in [-0.3, -0.25) is 4.79 Å². The molecule has 0 aromatic heterocycles. The topological polar surface area (TPSA) is 103 Å². The third kappa shape index (κ3) is 4.07. The summed E-state index contributed by atoms with van der Waals surface area (Å²) in [5, 5.41) is 21.0. The summed E-state index contributed by atoms with van der Waals surface area (Å²) in [4.78, 5) is 25.3. The van der Waals surface area contributed by atoms with E-state index in [0.29, 0.717) is 35.7 Å². The Morgan fingerprint density at radius 3 is 2.46 bits per heavy atom. The second kappa shape index (κ2) is 7.61. The van der Waals surface area contributed by atoms with Crippen molar-refractivity contribution in [3.8, 4) is 17.6 Å². The van der Waals surface area contributed by atoms with Crippen LogP contribution in [0.3, 0.4) is 0 Å². The number of hydrogen-bond acceptors (Lipinski definition) is 4. The van der Waals surface area contributed by atoms with Crippen LogP contribution in [-0.4, -0.2) is 35.1 Å². The Morgan fingerprint density at radius 1 is 1.21 bits per heavy atom. The van der Waals surface area contributed by atoms with Crippen molar-refractivity contribution in [2.24, 2.45) is 5.41 Å². The average molecular weight is 379 g/mol. The summed E-state index contributed by atoms with van der Waals surface area (Å²) in [7, 11) is 0. The molecule has 0 radical (unpaired) electrons.